The van der Waals surface area contributed by atoms with Crippen LogP contribution in [0.2, 0.25) is 0 Å². The Morgan fingerprint density at radius 3 is 1.60 bits per heavy atom. The predicted octanol–water partition coefficient (Wildman–Crippen LogP) is -5.48. The summed E-state index contributed by atoms with van der Waals surface area (Å²) in [4.78, 5) is 35.7. The average Bonchev–Trinajstić information content (AvgIpc) is 1.14. The van der Waals surface area contributed by atoms with Crippen LogP contribution in [0.4, 0.5) is 0 Å². The van der Waals surface area contributed by atoms with Gasteiger partial charge in [0.05, 0.1) is 7.82 Å². The van der Waals surface area contributed by atoms with Crippen LogP contribution in [-0.2, 0) is 13.4 Å². The summed E-state index contributed by atoms with van der Waals surface area (Å²) in [5, 5.41) is 0. The van der Waals surface area contributed by atoms with Crippen LogP contribution >= 0.6 is 15.6 Å². The van der Waals surface area contributed by atoms with Gasteiger partial charge in [-0.15, -0.1) is 0 Å². The molecule has 0 amide bonds. The van der Waals surface area contributed by atoms with Gasteiger partial charge in [0.2, 0.25) is 0 Å². The van der Waals surface area contributed by atoms with E-state index in [2.05, 4.69) is 4.31 Å². The van der Waals surface area contributed by atoms with Gasteiger partial charge in [0.1, 0.15) is 0 Å². The fourth-order valence-electron chi connectivity index (χ4n) is 0.126. The van der Waals surface area contributed by atoms with E-state index < -0.39 is 15.6 Å². The van der Waals surface area contributed by atoms with Gasteiger partial charge in [-0.25, -0.2) is 0 Å². The number of hydrogen-bond donors (Lipinski definition) is 1. The second kappa shape index (κ2) is 4.81. The molecule has 7 nitrogen and oxygen atoms in total. The van der Waals surface area contributed by atoms with Crippen LogP contribution in [0.25, 0.3) is 0 Å². The Bertz CT molecular complexity index is 160. The molecule has 0 heterocycles. The van der Waals surface area contributed by atoms with Crippen LogP contribution in [0.3, 0.4) is 0 Å². The Labute approximate surface area is 102 Å². The molecule has 0 saturated heterocycles. The van der Waals surface area contributed by atoms with Crippen molar-refractivity contribution in [2.45, 2.75) is 0 Å². The Kier molecular flexibility index (Phi) is 6.94. The van der Waals surface area contributed by atoms with Crippen LogP contribution in [0, 0.1) is 0 Å². The maximum absolute atomic E-state index is 9.44. The summed E-state index contributed by atoms with van der Waals surface area (Å²) in [6.45, 7) is 0. The average molecular weight is 216 g/mol. The molecular weight excluding hydrogens is 213 g/mol. The number of phosphoric acid groups is 2. The smallest absolute Gasteiger partial charge is 0.790 e. The summed E-state index contributed by atoms with van der Waals surface area (Å²) < 4.78 is 21.4. The first-order valence-corrected chi connectivity index (χ1v) is 4.43. The molecule has 10 heteroatoms. The van der Waals surface area contributed by atoms with Gasteiger partial charge < -0.3 is 24.1 Å². The maximum Gasteiger partial charge on any atom is 1.00 e. The van der Waals surface area contributed by atoms with Crippen molar-refractivity contribution in [2.75, 3.05) is 0 Å². The van der Waals surface area contributed by atoms with Crippen LogP contribution < -0.4 is 66.1 Å². The summed E-state index contributed by atoms with van der Waals surface area (Å²) in [6.07, 6.45) is 0. The number of hydrogen-bond acceptors (Lipinski definition) is 6. The maximum atomic E-state index is 9.44. The first-order valence-electron chi connectivity index (χ1n) is 1.48. The van der Waals surface area contributed by atoms with Crippen molar-refractivity contribution < 1.29 is 87.3 Å². The monoisotopic (exact) mass is 216 g/mol. The fourth-order valence-corrected chi connectivity index (χ4v) is 1.14. The molecule has 10 heavy (non-hydrogen) atoms. The van der Waals surface area contributed by atoms with E-state index in [4.69, 9.17) is 4.89 Å². The molecule has 0 bridgehead atoms. The minimum absolute atomic E-state index is 0. The van der Waals surface area contributed by atoms with E-state index in [-0.39, 0.29) is 54.2 Å². The topological polar surface area (TPSA) is 133 Å². The van der Waals surface area contributed by atoms with Crippen LogP contribution in [0.5, 0.6) is 0 Å². The van der Waals surface area contributed by atoms with Crippen LogP contribution in [0.15, 0.2) is 0 Å². The van der Waals surface area contributed by atoms with Crippen molar-refractivity contribution >= 4 is 15.6 Å². The third-order valence-electron chi connectivity index (χ3n) is 0.203. The van der Waals surface area contributed by atoms with Gasteiger partial charge in [0, 0.05) is 0 Å². The van der Waals surface area contributed by atoms with Crippen LogP contribution in [-0.4, -0.2) is 4.89 Å². The molecule has 0 spiro atoms. The molecule has 0 rings (SSSR count). The summed E-state index contributed by atoms with van der Waals surface area (Å²) in [6, 6.07) is 0. The van der Waals surface area contributed by atoms with Gasteiger partial charge in [-0.1, -0.05) is 0 Å². The molecule has 1 unspecified atom stereocenters. The van der Waals surface area contributed by atoms with E-state index in [1.165, 1.54) is 0 Å². The van der Waals surface area contributed by atoms with E-state index in [9.17, 15) is 23.8 Å². The van der Waals surface area contributed by atoms with Gasteiger partial charge in [-0.05, 0) is 0 Å². The molecule has 56 valence electrons. The van der Waals surface area contributed by atoms with Crippen molar-refractivity contribution in [3.05, 3.63) is 0 Å². The molecule has 0 fully saturated rings. The third-order valence-corrected chi connectivity index (χ3v) is 1.83. The first-order chi connectivity index (χ1) is 3.71. The summed E-state index contributed by atoms with van der Waals surface area (Å²) >= 11 is 0. The molecule has 0 aromatic rings. The molecule has 0 aromatic carbocycles. The largest absolute Gasteiger partial charge is 1.00 e. The first kappa shape index (κ1) is 14.4. The van der Waals surface area contributed by atoms with Crippen molar-refractivity contribution in [2.24, 2.45) is 0 Å². The molecule has 0 saturated carbocycles. The third kappa shape index (κ3) is 12.6. The standard InChI is InChI=1S/K.H4O7P2/c;1-8(2,3)7-9(4,5)6/h;(H2,1,2,3)(H2,4,5,6)/q+1;/p-1. The molecule has 0 aliphatic heterocycles. The van der Waals surface area contributed by atoms with Gasteiger partial charge in [-0.3, -0.25) is 8.88 Å². The zero-order valence-electron chi connectivity index (χ0n) is 6.79. The quantitative estimate of drug-likeness (QED) is 0.359. The predicted molar refractivity (Wildman–Crippen MR) is 20.7 cm³/mol. The molecule has 1 N–H and O–H groups in total. The Balaban J connectivity index is -0.000000107. The molecule has 1 atom stereocenters. The van der Waals surface area contributed by atoms with Gasteiger partial charge in [0.25, 0.3) is 7.82 Å². The Morgan fingerprint density at radius 2 is 1.60 bits per heavy atom. The Hall–Kier alpha value is 1.90. The van der Waals surface area contributed by atoms with Crippen molar-refractivity contribution in [1.29, 1.82) is 0 Å². The zero-order valence-corrected chi connectivity index (χ0v) is 9.70. The Morgan fingerprint density at radius 1 is 1.30 bits per heavy atom. The van der Waals surface area contributed by atoms with Gasteiger partial charge >= 0.3 is 54.2 Å². The molecule has 0 aliphatic rings. The molecule has 0 radical (unpaired) electrons. The zero-order chi connectivity index (χ0) is 7.71. The minimum Gasteiger partial charge on any atom is -0.790 e. The second-order valence-electron chi connectivity index (χ2n) is 0.997. The van der Waals surface area contributed by atoms with E-state index in [0.717, 1.165) is 0 Å². The van der Waals surface area contributed by atoms with Crippen molar-refractivity contribution in [1.82, 2.24) is 0 Å². The summed E-state index contributed by atoms with van der Waals surface area (Å²) in [5.74, 6) is 0. The number of rotatable bonds is 2. The minimum atomic E-state index is -5.61. The normalized spacial score (nSPS) is 17.2. The fraction of sp³-hybridized carbons (Fsp3) is 0. The van der Waals surface area contributed by atoms with E-state index in [1.807, 2.05) is 0 Å². The summed E-state index contributed by atoms with van der Waals surface area (Å²) in [7, 11) is -11.0. The van der Waals surface area contributed by atoms with Gasteiger partial charge in [0.15, 0.2) is 0 Å². The van der Waals surface area contributed by atoms with E-state index >= 15 is 0 Å². The second-order valence-corrected chi connectivity index (χ2v) is 3.48. The molecule has 0 aromatic heterocycles. The van der Waals surface area contributed by atoms with Crippen molar-refractivity contribution in [3.63, 3.8) is 0 Å². The summed E-state index contributed by atoms with van der Waals surface area (Å²) in [5.41, 5.74) is 0. The van der Waals surface area contributed by atoms with E-state index in [0.29, 0.717) is 0 Å². The van der Waals surface area contributed by atoms with Crippen molar-refractivity contribution in [3.8, 4) is 0 Å². The van der Waals surface area contributed by atoms with E-state index in [1.54, 1.807) is 0 Å². The SMILES string of the molecule is O=P([O-])([O-])OP(=O)([O-])O.[H+].[H+].[K+]. The molecule has 0 aliphatic carbocycles. The van der Waals surface area contributed by atoms with Gasteiger partial charge in [-0.2, -0.15) is 0 Å². The van der Waals surface area contributed by atoms with Crippen LogP contribution in [0.1, 0.15) is 2.85 Å². The molecular formula is H3KO7P2.